The van der Waals surface area contributed by atoms with Gasteiger partial charge in [-0.2, -0.15) is 0 Å². The molecule has 2 aromatic rings. The third-order valence-electron chi connectivity index (χ3n) is 7.19. The van der Waals surface area contributed by atoms with Crippen molar-refractivity contribution in [1.29, 1.82) is 0 Å². The molecule has 3 saturated carbocycles. The molecule has 5 atom stereocenters. The van der Waals surface area contributed by atoms with Gasteiger partial charge in [0.25, 0.3) is 0 Å². The zero-order chi connectivity index (χ0) is 19.4. The molecular weight excluding hydrogens is 348 g/mol. The zero-order valence-corrected chi connectivity index (χ0v) is 17.3. The van der Waals surface area contributed by atoms with Crippen LogP contribution in [-0.4, -0.2) is 21.6 Å². The van der Waals surface area contributed by atoms with Gasteiger partial charge in [0.1, 0.15) is 11.9 Å². The highest BCUT2D eigenvalue weighted by Gasteiger charge is 2.50. The summed E-state index contributed by atoms with van der Waals surface area (Å²) in [5.41, 5.74) is 2.28. The van der Waals surface area contributed by atoms with Crippen LogP contribution in [-0.2, 0) is 9.53 Å². The summed E-state index contributed by atoms with van der Waals surface area (Å²) in [5, 5.41) is 0. The second-order valence-corrected chi connectivity index (χ2v) is 9.81. The Morgan fingerprint density at radius 1 is 1.14 bits per heavy atom. The Morgan fingerprint density at radius 3 is 2.68 bits per heavy atom. The van der Waals surface area contributed by atoms with Crippen molar-refractivity contribution in [2.45, 2.75) is 77.4 Å². The molecule has 150 valence electrons. The maximum absolute atomic E-state index is 13.0. The molecule has 0 bridgehead atoms. The number of carbonyl (C=O) groups is 1. The summed E-state index contributed by atoms with van der Waals surface area (Å²) in [6, 6.07) is 8.96. The zero-order valence-electron chi connectivity index (χ0n) is 17.3. The van der Waals surface area contributed by atoms with Crippen LogP contribution in [0.15, 0.2) is 24.3 Å². The number of benzene rings is 1. The molecule has 1 unspecified atom stereocenters. The van der Waals surface area contributed by atoms with Crippen molar-refractivity contribution in [1.82, 2.24) is 9.55 Å². The summed E-state index contributed by atoms with van der Waals surface area (Å²) in [6.07, 6.45) is 6.91. The number of hydrogen-bond donors (Lipinski definition) is 0. The standard InChI is InChI=1S/C24H32N2O2/c1-14(2)17-11-8-15(3)12-22(17)28-24(27)19-13-18(19)23-25-20-6-4-5-7-21(20)26(23)16-9-10-16/h4-7,14-19,22H,8-13H2,1-3H3/t15-,17+,18+,19+,22?/m1/s1. The number of fused-ring (bicyclic) bond motifs is 1. The van der Waals surface area contributed by atoms with Gasteiger partial charge in [0.2, 0.25) is 0 Å². The summed E-state index contributed by atoms with van der Waals surface area (Å²) >= 11 is 0. The summed E-state index contributed by atoms with van der Waals surface area (Å²) in [6.45, 7) is 6.81. The van der Waals surface area contributed by atoms with Crippen LogP contribution in [0, 0.1) is 23.7 Å². The predicted molar refractivity (Wildman–Crippen MR) is 110 cm³/mol. The second-order valence-electron chi connectivity index (χ2n) is 9.81. The second kappa shape index (κ2) is 6.89. The number of aromatic nitrogens is 2. The lowest BCUT2D eigenvalue weighted by molar-refractivity contribution is -0.157. The Labute approximate surface area is 167 Å². The van der Waals surface area contributed by atoms with Gasteiger partial charge in [-0.15, -0.1) is 0 Å². The maximum atomic E-state index is 13.0. The molecule has 3 fully saturated rings. The van der Waals surface area contributed by atoms with Crippen molar-refractivity contribution in [3.05, 3.63) is 30.1 Å². The van der Waals surface area contributed by atoms with Gasteiger partial charge in [0.15, 0.2) is 0 Å². The van der Waals surface area contributed by atoms with Crippen LogP contribution < -0.4 is 0 Å². The van der Waals surface area contributed by atoms with E-state index in [1.54, 1.807) is 0 Å². The van der Waals surface area contributed by atoms with E-state index in [9.17, 15) is 4.79 Å². The highest BCUT2D eigenvalue weighted by atomic mass is 16.5. The fraction of sp³-hybridized carbons (Fsp3) is 0.667. The van der Waals surface area contributed by atoms with Gasteiger partial charge in [-0.25, -0.2) is 4.98 Å². The minimum atomic E-state index is -0.000595. The Hall–Kier alpha value is -1.84. The number of para-hydroxylation sites is 2. The lowest BCUT2D eigenvalue weighted by Gasteiger charge is -2.36. The molecule has 1 aromatic carbocycles. The molecule has 0 amide bonds. The first-order valence-corrected chi connectivity index (χ1v) is 11.2. The monoisotopic (exact) mass is 380 g/mol. The van der Waals surface area contributed by atoms with Crippen LogP contribution in [0.3, 0.4) is 0 Å². The fourth-order valence-electron chi connectivity index (χ4n) is 5.27. The van der Waals surface area contributed by atoms with Gasteiger partial charge in [-0.05, 0) is 62.0 Å². The van der Waals surface area contributed by atoms with E-state index in [0.717, 1.165) is 24.2 Å². The van der Waals surface area contributed by atoms with E-state index < -0.39 is 0 Å². The number of hydrogen-bond acceptors (Lipinski definition) is 3. The van der Waals surface area contributed by atoms with Crippen LogP contribution in [0.1, 0.15) is 77.1 Å². The van der Waals surface area contributed by atoms with Crippen LogP contribution >= 0.6 is 0 Å². The minimum Gasteiger partial charge on any atom is -0.462 e. The number of nitrogens with zero attached hydrogens (tertiary/aromatic N) is 2. The molecule has 1 aromatic heterocycles. The summed E-state index contributed by atoms with van der Waals surface area (Å²) in [5.74, 6) is 3.10. The number of imidazole rings is 1. The molecule has 3 aliphatic carbocycles. The molecule has 0 aliphatic heterocycles. The van der Waals surface area contributed by atoms with E-state index in [1.165, 1.54) is 31.2 Å². The summed E-state index contributed by atoms with van der Waals surface area (Å²) in [7, 11) is 0. The van der Waals surface area contributed by atoms with Crippen LogP contribution in [0.2, 0.25) is 0 Å². The molecule has 0 spiro atoms. The molecule has 3 aliphatic rings. The third kappa shape index (κ3) is 3.25. The summed E-state index contributed by atoms with van der Waals surface area (Å²) < 4.78 is 8.54. The largest absolute Gasteiger partial charge is 0.462 e. The molecule has 0 saturated heterocycles. The third-order valence-corrected chi connectivity index (χ3v) is 7.19. The van der Waals surface area contributed by atoms with E-state index in [0.29, 0.717) is 23.8 Å². The molecule has 5 rings (SSSR count). The first-order chi connectivity index (χ1) is 13.5. The average Bonchev–Trinajstić information content (AvgIpc) is 3.58. The molecule has 0 radical (unpaired) electrons. The normalized spacial score (nSPS) is 32.6. The highest BCUT2D eigenvalue weighted by molar-refractivity contribution is 5.80. The highest BCUT2D eigenvalue weighted by Crippen LogP contribution is 2.51. The minimum absolute atomic E-state index is 0.000595. The van der Waals surface area contributed by atoms with Crippen LogP contribution in [0.25, 0.3) is 11.0 Å². The van der Waals surface area contributed by atoms with Crippen molar-refractivity contribution in [3.63, 3.8) is 0 Å². The SMILES string of the molecule is CC(C)[C@@H]1CC[C@@H](C)CC1OC(=O)[C@H]1C[C@@H]1c1nc2ccccc2n1C1CC1. The maximum Gasteiger partial charge on any atom is 0.309 e. The fourth-order valence-corrected chi connectivity index (χ4v) is 5.27. The van der Waals surface area contributed by atoms with Gasteiger partial charge in [-0.1, -0.05) is 39.3 Å². The number of carbonyl (C=O) groups excluding carboxylic acids is 1. The number of esters is 1. The van der Waals surface area contributed by atoms with Crippen LogP contribution in [0.5, 0.6) is 0 Å². The van der Waals surface area contributed by atoms with Gasteiger partial charge < -0.3 is 9.30 Å². The molecule has 0 N–H and O–H groups in total. The molecular formula is C24H32N2O2. The van der Waals surface area contributed by atoms with E-state index in [-0.39, 0.29) is 23.9 Å². The lowest BCUT2D eigenvalue weighted by Crippen LogP contribution is -2.36. The quantitative estimate of drug-likeness (QED) is 0.645. The Bertz CT molecular complexity index is 882. The van der Waals surface area contributed by atoms with Crippen molar-refractivity contribution >= 4 is 17.0 Å². The lowest BCUT2D eigenvalue weighted by atomic mass is 9.75. The van der Waals surface area contributed by atoms with E-state index >= 15 is 0 Å². The topological polar surface area (TPSA) is 44.1 Å². The van der Waals surface area contributed by atoms with E-state index in [2.05, 4.69) is 43.5 Å². The Kier molecular flexibility index (Phi) is 4.48. The van der Waals surface area contributed by atoms with Crippen molar-refractivity contribution < 1.29 is 9.53 Å². The van der Waals surface area contributed by atoms with E-state index in [1.807, 2.05) is 6.07 Å². The Morgan fingerprint density at radius 2 is 1.93 bits per heavy atom. The van der Waals surface area contributed by atoms with E-state index in [4.69, 9.17) is 9.72 Å². The molecule has 4 heteroatoms. The molecule has 4 nitrogen and oxygen atoms in total. The smallest absolute Gasteiger partial charge is 0.309 e. The van der Waals surface area contributed by atoms with Crippen molar-refractivity contribution in [2.24, 2.45) is 23.7 Å². The molecule has 1 heterocycles. The van der Waals surface area contributed by atoms with Crippen LogP contribution in [0.4, 0.5) is 0 Å². The van der Waals surface area contributed by atoms with Gasteiger partial charge in [0, 0.05) is 12.0 Å². The Balaban J connectivity index is 1.33. The predicted octanol–water partition coefficient (Wildman–Crippen LogP) is 5.48. The first kappa shape index (κ1) is 18.2. The average molecular weight is 381 g/mol. The van der Waals surface area contributed by atoms with Crippen molar-refractivity contribution in [3.8, 4) is 0 Å². The number of ether oxygens (including phenoxy) is 1. The van der Waals surface area contributed by atoms with Crippen molar-refractivity contribution in [2.75, 3.05) is 0 Å². The van der Waals surface area contributed by atoms with Gasteiger partial charge in [-0.3, -0.25) is 4.79 Å². The first-order valence-electron chi connectivity index (χ1n) is 11.2. The summed E-state index contributed by atoms with van der Waals surface area (Å²) in [4.78, 5) is 17.9. The van der Waals surface area contributed by atoms with Gasteiger partial charge in [0.05, 0.1) is 17.0 Å². The molecule has 28 heavy (non-hydrogen) atoms. The number of rotatable bonds is 5. The van der Waals surface area contributed by atoms with Gasteiger partial charge >= 0.3 is 5.97 Å².